The average molecular weight is 553 g/mol. The van der Waals surface area contributed by atoms with Crippen LogP contribution in [0.5, 0.6) is 0 Å². The van der Waals surface area contributed by atoms with Gasteiger partial charge < -0.3 is 0 Å². The number of fused-ring (bicyclic) bond motifs is 5. The molecule has 10 unspecified atom stereocenters. The molecule has 0 aromatic rings. The van der Waals surface area contributed by atoms with Crippen LogP contribution in [0.2, 0.25) is 0 Å². The Morgan fingerprint density at radius 3 is 2.31 bits per heavy atom. The van der Waals surface area contributed by atoms with Crippen molar-refractivity contribution in [1.29, 1.82) is 0 Å². The highest BCUT2D eigenvalue weighted by atomic mass is 127. The van der Waals surface area contributed by atoms with Gasteiger partial charge in [0.25, 0.3) is 0 Å². The molecule has 184 valence electrons. The Morgan fingerprint density at radius 2 is 1.62 bits per heavy atom. The molecule has 0 heterocycles. The van der Waals surface area contributed by atoms with Gasteiger partial charge in [0.2, 0.25) is 0 Å². The summed E-state index contributed by atoms with van der Waals surface area (Å²) in [7, 11) is 0. The molecule has 0 saturated heterocycles. The number of rotatable bonds is 8. The zero-order valence-corrected chi connectivity index (χ0v) is 24.3. The van der Waals surface area contributed by atoms with Crippen molar-refractivity contribution in [2.75, 3.05) is 0 Å². The molecule has 0 spiro atoms. The normalized spacial score (nSPS) is 46.8. The Bertz CT molecular complexity index is 653. The number of halogens is 1. The summed E-state index contributed by atoms with van der Waals surface area (Å²) < 4.78 is 1.35. The molecular formula is C31H53I. The largest absolute Gasteiger partial charge is 0.0897 e. The smallest absolute Gasteiger partial charge is 0.0166 e. The maximum Gasteiger partial charge on any atom is -0.0166 e. The quantitative estimate of drug-likeness (QED) is 0.263. The van der Waals surface area contributed by atoms with Gasteiger partial charge in [-0.3, -0.25) is 0 Å². The second-order valence-corrected chi connectivity index (χ2v) is 15.0. The van der Waals surface area contributed by atoms with Gasteiger partial charge in [-0.1, -0.05) is 66.9 Å². The molecule has 4 fully saturated rings. The van der Waals surface area contributed by atoms with E-state index in [1.807, 2.05) is 0 Å². The lowest BCUT2D eigenvalue weighted by molar-refractivity contribution is -0.148. The summed E-state index contributed by atoms with van der Waals surface area (Å²) in [4.78, 5) is 0. The molecule has 4 rings (SSSR count). The Kier molecular flexibility index (Phi) is 8.16. The minimum atomic E-state index is 0.613. The van der Waals surface area contributed by atoms with Crippen molar-refractivity contribution in [2.45, 2.75) is 125 Å². The average Bonchev–Trinajstić information content (AvgIpc) is 3.10. The van der Waals surface area contributed by atoms with Crippen molar-refractivity contribution < 1.29 is 0 Å². The van der Waals surface area contributed by atoms with E-state index in [1.165, 1.54) is 67.8 Å². The Labute approximate surface area is 214 Å². The van der Waals surface area contributed by atoms with E-state index in [4.69, 9.17) is 0 Å². The molecule has 10 atom stereocenters. The molecule has 32 heavy (non-hydrogen) atoms. The summed E-state index contributed by atoms with van der Waals surface area (Å²) in [5.74, 6) is 7.99. The first-order chi connectivity index (χ1) is 15.2. The number of hydrogen-bond acceptors (Lipinski definition) is 0. The van der Waals surface area contributed by atoms with Crippen LogP contribution in [-0.2, 0) is 0 Å². The first kappa shape index (κ1) is 25.6. The molecule has 4 aliphatic rings. The highest BCUT2D eigenvalue weighted by molar-refractivity contribution is 14.1. The number of allylic oxidation sites excluding steroid dienone is 1. The van der Waals surface area contributed by atoms with Gasteiger partial charge in [0, 0.05) is 0 Å². The molecule has 0 amide bonds. The third-order valence-corrected chi connectivity index (χ3v) is 12.5. The lowest BCUT2D eigenvalue weighted by Gasteiger charge is -2.64. The fraction of sp³-hybridized carbons (Fsp3) is 0.935. The van der Waals surface area contributed by atoms with E-state index in [9.17, 15) is 0 Å². The van der Waals surface area contributed by atoms with Crippen LogP contribution in [0, 0.1) is 58.2 Å². The summed E-state index contributed by atoms with van der Waals surface area (Å²) in [6.07, 6.45) is 20.7. The van der Waals surface area contributed by atoms with Gasteiger partial charge in [0.1, 0.15) is 0 Å². The molecule has 0 N–H and O–H groups in total. The molecule has 0 nitrogen and oxygen atoms in total. The third kappa shape index (κ3) is 4.53. The maximum absolute atomic E-state index is 4.19. The Morgan fingerprint density at radius 1 is 0.938 bits per heavy atom. The molecule has 0 aromatic carbocycles. The second kappa shape index (κ2) is 10.2. The van der Waals surface area contributed by atoms with E-state index in [1.54, 1.807) is 25.7 Å². The highest BCUT2D eigenvalue weighted by Crippen LogP contribution is 2.70. The molecule has 0 aliphatic heterocycles. The third-order valence-electron chi connectivity index (χ3n) is 11.9. The molecule has 0 bridgehead atoms. The molecular weight excluding hydrogens is 499 g/mol. The summed E-state index contributed by atoms with van der Waals surface area (Å²) >= 11 is 2.45. The van der Waals surface area contributed by atoms with Crippen LogP contribution in [0.4, 0.5) is 0 Å². The zero-order valence-electron chi connectivity index (χ0n) is 22.1. The SMILES string of the molecule is C=C(I)CCC(C)C1CCC2C3C(CCC)CC4CC(CCC)CCC4(C)C3CCC12C. The molecule has 4 saturated carbocycles. The number of hydrogen-bond donors (Lipinski definition) is 0. The zero-order chi connectivity index (χ0) is 23.1. The van der Waals surface area contributed by atoms with Crippen molar-refractivity contribution in [3.8, 4) is 0 Å². The topological polar surface area (TPSA) is 0 Å². The van der Waals surface area contributed by atoms with Crippen molar-refractivity contribution >= 4 is 22.6 Å². The lowest BCUT2D eigenvalue weighted by atomic mass is 9.41. The van der Waals surface area contributed by atoms with Crippen LogP contribution in [0.25, 0.3) is 0 Å². The molecule has 0 aromatic heterocycles. The Hall–Kier alpha value is 0.470. The van der Waals surface area contributed by atoms with Gasteiger partial charge in [-0.2, -0.15) is 0 Å². The fourth-order valence-corrected chi connectivity index (χ4v) is 10.7. The highest BCUT2D eigenvalue weighted by Gasteiger charge is 2.62. The van der Waals surface area contributed by atoms with Gasteiger partial charge in [-0.15, -0.1) is 0 Å². The molecule has 0 radical (unpaired) electrons. The summed E-state index contributed by atoms with van der Waals surface area (Å²) in [5, 5.41) is 0. The van der Waals surface area contributed by atoms with Crippen LogP contribution in [0.3, 0.4) is 0 Å². The summed E-state index contributed by atoms with van der Waals surface area (Å²) in [6.45, 7) is 17.2. The van der Waals surface area contributed by atoms with Crippen LogP contribution >= 0.6 is 22.6 Å². The van der Waals surface area contributed by atoms with Crippen molar-refractivity contribution in [3.63, 3.8) is 0 Å². The van der Waals surface area contributed by atoms with Crippen molar-refractivity contribution in [3.05, 3.63) is 10.2 Å². The van der Waals surface area contributed by atoms with E-state index in [0.29, 0.717) is 10.8 Å². The second-order valence-electron chi connectivity index (χ2n) is 13.5. The monoisotopic (exact) mass is 552 g/mol. The lowest BCUT2D eigenvalue weighted by Crippen LogP contribution is -2.56. The summed E-state index contributed by atoms with van der Waals surface area (Å²) in [6, 6.07) is 0. The van der Waals surface area contributed by atoms with Gasteiger partial charge in [0.05, 0.1) is 0 Å². The minimum absolute atomic E-state index is 0.613. The maximum atomic E-state index is 4.19. The predicted molar refractivity (Wildman–Crippen MR) is 149 cm³/mol. The van der Waals surface area contributed by atoms with Gasteiger partial charge in [-0.25, -0.2) is 0 Å². The van der Waals surface area contributed by atoms with Crippen molar-refractivity contribution in [1.82, 2.24) is 0 Å². The molecule has 1 heteroatoms. The summed E-state index contributed by atoms with van der Waals surface area (Å²) in [5.41, 5.74) is 1.27. The van der Waals surface area contributed by atoms with Crippen LogP contribution in [0.15, 0.2) is 10.2 Å². The standard InChI is InChI=1S/C31H53I/c1-7-9-23-15-17-30(5)25(19-23)20-24(10-8-2)29-27-14-13-26(21(3)11-12-22(4)32)31(27,6)18-16-28(29)30/h21,23-29H,4,7-20H2,1-3,5-6H3. The molecule has 4 aliphatic carbocycles. The van der Waals surface area contributed by atoms with Gasteiger partial charge >= 0.3 is 0 Å². The first-order valence-corrected chi connectivity index (χ1v) is 15.7. The van der Waals surface area contributed by atoms with Crippen LogP contribution < -0.4 is 0 Å². The van der Waals surface area contributed by atoms with E-state index in [0.717, 1.165) is 47.3 Å². The first-order valence-electron chi connectivity index (χ1n) is 14.6. The van der Waals surface area contributed by atoms with Crippen LogP contribution in [0.1, 0.15) is 125 Å². The van der Waals surface area contributed by atoms with Crippen molar-refractivity contribution in [2.24, 2.45) is 58.2 Å². The predicted octanol–water partition coefficient (Wildman–Crippen LogP) is 10.5. The van der Waals surface area contributed by atoms with E-state index < -0.39 is 0 Å². The van der Waals surface area contributed by atoms with Gasteiger partial charge in [-0.05, 0) is 149 Å². The van der Waals surface area contributed by atoms with E-state index >= 15 is 0 Å². The minimum Gasteiger partial charge on any atom is -0.0897 e. The van der Waals surface area contributed by atoms with Gasteiger partial charge in [0.15, 0.2) is 0 Å². The fourth-order valence-electron chi connectivity index (χ4n) is 10.4. The Balaban J connectivity index is 1.57. The van der Waals surface area contributed by atoms with E-state index in [-0.39, 0.29) is 0 Å². The van der Waals surface area contributed by atoms with E-state index in [2.05, 4.69) is 63.8 Å². The van der Waals surface area contributed by atoms with Crippen LogP contribution in [-0.4, -0.2) is 0 Å².